The van der Waals surface area contributed by atoms with Crippen molar-refractivity contribution in [2.45, 2.75) is 62.7 Å². The molecule has 35 heavy (non-hydrogen) atoms. The van der Waals surface area contributed by atoms with Crippen LogP contribution in [0.25, 0.3) is 11.3 Å². The van der Waals surface area contributed by atoms with E-state index in [4.69, 9.17) is 10.5 Å². The van der Waals surface area contributed by atoms with E-state index in [9.17, 15) is 15.0 Å². The van der Waals surface area contributed by atoms with E-state index in [2.05, 4.69) is 4.98 Å². The maximum Gasteiger partial charge on any atom is 0.225 e. The first-order chi connectivity index (χ1) is 16.9. The molecule has 5 atom stereocenters. The van der Waals surface area contributed by atoms with Gasteiger partial charge < -0.3 is 25.6 Å². The number of ether oxygens (including phenoxy) is 1. The zero-order chi connectivity index (χ0) is 24.8. The number of rotatable bonds is 9. The Bertz CT molecular complexity index is 962. The van der Waals surface area contributed by atoms with Crippen molar-refractivity contribution in [1.82, 2.24) is 9.88 Å². The summed E-state index contributed by atoms with van der Waals surface area (Å²) in [7, 11) is 1.69. The van der Waals surface area contributed by atoms with Crippen LogP contribution < -0.4 is 5.73 Å². The van der Waals surface area contributed by atoms with Crippen molar-refractivity contribution >= 4 is 5.91 Å². The molecule has 1 amide bonds. The lowest BCUT2D eigenvalue weighted by Crippen LogP contribution is -2.49. The highest BCUT2D eigenvalue weighted by atomic mass is 16.5. The number of methoxy groups -OCH3 is 1. The number of amides is 1. The van der Waals surface area contributed by atoms with Gasteiger partial charge in [-0.1, -0.05) is 30.3 Å². The standard InChI is InChI=1S/C28H39N3O4/c1-35-16-7-5-13-28(34,23-11-3-2-10-22(23)25-12-4-6-14-30-25)21-9-8-15-31(19-21)27(33)20-17-24(29)26(32)18-20/h2-4,6,10-12,14,20-21,24,26,32,34H,5,7-9,13,15-19,29H2,1H3/t20-,21+,24+,26-,28-/m0/s1. The van der Waals surface area contributed by atoms with Gasteiger partial charge in [-0.15, -0.1) is 0 Å². The molecule has 0 radical (unpaired) electrons. The minimum atomic E-state index is -1.10. The second-order valence-electron chi connectivity index (χ2n) is 10.2. The number of likely N-dealkylation sites (tertiary alicyclic amines) is 1. The van der Waals surface area contributed by atoms with Crippen LogP contribution in [0.5, 0.6) is 0 Å². The largest absolute Gasteiger partial charge is 0.391 e. The SMILES string of the molecule is COCCCC[C@@](O)(c1ccccc1-c1ccccn1)[C@@H]1CCCN(C(=O)[C@H]2C[C@@H](N)[C@@H](O)C2)C1. The first kappa shape index (κ1) is 25.8. The molecule has 0 spiro atoms. The summed E-state index contributed by atoms with van der Waals surface area (Å²) in [5.41, 5.74) is 7.50. The minimum absolute atomic E-state index is 0.0569. The minimum Gasteiger partial charge on any atom is -0.391 e. The number of aliphatic hydroxyl groups is 2. The smallest absolute Gasteiger partial charge is 0.225 e. The monoisotopic (exact) mass is 481 g/mol. The lowest BCUT2D eigenvalue weighted by Gasteiger charge is -2.44. The molecule has 1 aliphatic heterocycles. The number of piperidine rings is 1. The van der Waals surface area contributed by atoms with Crippen molar-refractivity contribution in [3.05, 3.63) is 54.2 Å². The average Bonchev–Trinajstić information content (AvgIpc) is 3.24. The lowest BCUT2D eigenvalue weighted by atomic mass is 9.72. The number of pyridine rings is 1. The Morgan fingerprint density at radius 3 is 2.71 bits per heavy atom. The molecule has 4 rings (SSSR count). The highest BCUT2D eigenvalue weighted by molar-refractivity contribution is 5.79. The van der Waals surface area contributed by atoms with E-state index < -0.39 is 11.7 Å². The number of carbonyl (C=O) groups is 1. The Morgan fingerprint density at radius 1 is 1.20 bits per heavy atom. The molecule has 190 valence electrons. The van der Waals surface area contributed by atoms with Crippen molar-refractivity contribution in [3.8, 4) is 11.3 Å². The number of carbonyl (C=O) groups excluding carboxylic acids is 1. The first-order valence-electron chi connectivity index (χ1n) is 12.9. The normalized spacial score (nSPS) is 26.5. The van der Waals surface area contributed by atoms with Crippen LogP contribution in [0.4, 0.5) is 0 Å². The third kappa shape index (κ3) is 5.75. The number of aromatic nitrogens is 1. The summed E-state index contributed by atoms with van der Waals surface area (Å²) in [6.07, 6.45) is 6.03. The molecular weight excluding hydrogens is 442 g/mol. The molecule has 7 nitrogen and oxygen atoms in total. The molecule has 7 heteroatoms. The van der Waals surface area contributed by atoms with Crippen LogP contribution in [0, 0.1) is 11.8 Å². The number of hydrogen-bond acceptors (Lipinski definition) is 6. The van der Waals surface area contributed by atoms with Gasteiger partial charge in [0.25, 0.3) is 0 Å². The summed E-state index contributed by atoms with van der Waals surface area (Å²) < 4.78 is 5.25. The fourth-order valence-electron chi connectivity index (χ4n) is 5.88. The summed E-state index contributed by atoms with van der Waals surface area (Å²) in [4.78, 5) is 19.8. The maximum absolute atomic E-state index is 13.3. The quantitative estimate of drug-likeness (QED) is 0.475. The van der Waals surface area contributed by atoms with Gasteiger partial charge >= 0.3 is 0 Å². The van der Waals surface area contributed by atoms with Gasteiger partial charge in [0.15, 0.2) is 0 Å². The van der Waals surface area contributed by atoms with E-state index in [1.165, 1.54) is 0 Å². The van der Waals surface area contributed by atoms with Crippen molar-refractivity contribution in [3.63, 3.8) is 0 Å². The van der Waals surface area contributed by atoms with E-state index in [0.29, 0.717) is 39.0 Å². The second-order valence-corrected chi connectivity index (χ2v) is 10.2. The number of unbranched alkanes of at least 4 members (excludes halogenated alkanes) is 1. The molecule has 0 unspecified atom stereocenters. The predicted octanol–water partition coefficient (Wildman–Crippen LogP) is 3.09. The Morgan fingerprint density at radius 2 is 2.00 bits per heavy atom. The Kier molecular flexibility index (Phi) is 8.55. The molecule has 1 saturated heterocycles. The Labute approximate surface area is 208 Å². The summed E-state index contributed by atoms with van der Waals surface area (Å²) >= 11 is 0. The van der Waals surface area contributed by atoms with E-state index in [1.54, 1.807) is 13.3 Å². The maximum atomic E-state index is 13.3. The van der Waals surface area contributed by atoms with Gasteiger partial charge in [0.2, 0.25) is 5.91 Å². The van der Waals surface area contributed by atoms with Crippen LogP contribution in [0.3, 0.4) is 0 Å². The Hall–Kier alpha value is -2.32. The number of hydrogen-bond donors (Lipinski definition) is 3. The molecule has 2 aromatic rings. The highest BCUT2D eigenvalue weighted by Crippen LogP contribution is 2.43. The molecule has 1 saturated carbocycles. The number of aliphatic hydroxyl groups excluding tert-OH is 1. The van der Waals surface area contributed by atoms with Crippen molar-refractivity contribution < 1.29 is 19.7 Å². The molecule has 4 N–H and O–H groups in total. The second kappa shape index (κ2) is 11.6. The van der Waals surface area contributed by atoms with Crippen molar-refractivity contribution in [2.24, 2.45) is 17.6 Å². The zero-order valence-electron chi connectivity index (χ0n) is 20.7. The van der Waals surface area contributed by atoms with Crippen LogP contribution in [-0.2, 0) is 15.1 Å². The van der Waals surface area contributed by atoms with E-state index in [-0.39, 0.29) is 23.8 Å². The van der Waals surface area contributed by atoms with Gasteiger partial charge in [-0.3, -0.25) is 9.78 Å². The lowest BCUT2D eigenvalue weighted by molar-refractivity contribution is -0.141. The summed E-state index contributed by atoms with van der Waals surface area (Å²) in [6.45, 7) is 1.83. The third-order valence-corrected chi connectivity index (χ3v) is 7.83. The van der Waals surface area contributed by atoms with Crippen LogP contribution >= 0.6 is 0 Å². The molecule has 2 heterocycles. The molecule has 0 bridgehead atoms. The Balaban J connectivity index is 1.62. The van der Waals surface area contributed by atoms with E-state index >= 15 is 0 Å². The van der Waals surface area contributed by atoms with Gasteiger partial charge in [0.05, 0.1) is 17.4 Å². The zero-order valence-corrected chi connectivity index (χ0v) is 20.7. The summed E-state index contributed by atoms with van der Waals surface area (Å²) in [6, 6.07) is 13.4. The van der Waals surface area contributed by atoms with Crippen LogP contribution in [0.2, 0.25) is 0 Å². The third-order valence-electron chi connectivity index (χ3n) is 7.83. The van der Waals surface area contributed by atoms with Gasteiger partial charge in [-0.2, -0.15) is 0 Å². The molecule has 2 fully saturated rings. The molecule has 1 aromatic heterocycles. The predicted molar refractivity (Wildman–Crippen MR) is 135 cm³/mol. The van der Waals surface area contributed by atoms with Gasteiger partial charge in [0.1, 0.15) is 0 Å². The highest BCUT2D eigenvalue weighted by Gasteiger charge is 2.44. The average molecular weight is 482 g/mol. The number of nitrogens with two attached hydrogens (primary N) is 1. The van der Waals surface area contributed by atoms with Gasteiger partial charge in [-0.05, 0) is 62.6 Å². The number of nitrogens with zero attached hydrogens (tertiary/aromatic N) is 2. The number of benzene rings is 1. The topological polar surface area (TPSA) is 109 Å². The van der Waals surface area contributed by atoms with Crippen LogP contribution in [0.1, 0.15) is 50.5 Å². The summed E-state index contributed by atoms with van der Waals surface area (Å²) in [5, 5.41) is 22.5. The fraction of sp³-hybridized carbons (Fsp3) is 0.571. The summed E-state index contributed by atoms with van der Waals surface area (Å²) in [5.74, 6) is -0.289. The molecule has 1 aromatic carbocycles. The molecule has 2 aliphatic rings. The van der Waals surface area contributed by atoms with Crippen LogP contribution in [-0.4, -0.2) is 65.0 Å². The van der Waals surface area contributed by atoms with Crippen molar-refractivity contribution in [2.75, 3.05) is 26.8 Å². The molecular formula is C28H39N3O4. The molecule has 1 aliphatic carbocycles. The fourth-order valence-corrected chi connectivity index (χ4v) is 5.88. The van der Waals surface area contributed by atoms with Crippen molar-refractivity contribution in [1.29, 1.82) is 0 Å². The van der Waals surface area contributed by atoms with E-state index in [0.717, 1.165) is 42.5 Å². The van der Waals surface area contributed by atoms with Crippen LogP contribution in [0.15, 0.2) is 48.7 Å². The van der Waals surface area contributed by atoms with Gasteiger partial charge in [-0.25, -0.2) is 0 Å². The first-order valence-corrected chi connectivity index (χ1v) is 12.9. The van der Waals surface area contributed by atoms with E-state index in [1.807, 2.05) is 47.4 Å². The van der Waals surface area contributed by atoms with Gasteiger partial charge in [0, 0.05) is 56.4 Å².